The maximum Gasteiger partial charge on any atom is 0.498 e. The lowest BCUT2D eigenvalue weighted by Crippen LogP contribution is -2.32. The summed E-state index contributed by atoms with van der Waals surface area (Å²) in [6, 6.07) is 14.3. The summed E-state index contributed by atoms with van der Waals surface area (Å²) in [4.78, 5) is 0. The molecule has 0 heterocycles. The second-order valence-corrected chi connectivity index (χ2v) is 6.74. The normalized spacial score (nSPS) is 15.3. The van der Waals surface area contributed by atoms with Gasteiger partial charge in [0.1, 0.15) is 11.4 Å². The lowest BCUT2D eigenvalue weighted by molar-refractivity contribution is -0.0460. The third-order valence-corrected chi connectivity index (χ3v) is 5.06. The highest BCUT2D eigenvalue weighted by Gasteiger charge is 2.53. The molecule has 0 aliphatic heterocycles. The van der Waals surface area contributed by atoms with Gasteiger partial charge in [0.15, 0.2) is 0 Å². The van der Waals surface area contributed by atoms with Gasteiger partial charge in [-0.15, -0.1) is 0 Å². The maximum atomic E-state index is 12.9. The van der Waals surface area contributed by atoms with Gasteiger partial charge in [-0.3, -0.25) is 0 Å². The van der Waals surface area contributed by atoms with Gasteiger partial charge in [0, 0.05) is 0 Å². The molecule has 2 rings (SSSR count). The molecule has 7 heteroatoms. The predicted octanol–water partition coefficient (Wildman–Crippen LogP) is 3.40. The minimum atomic E-state index is -5.59. The van der Waals surface area contributed by atoms with E-state index in [0.29, 0.717) is 0 Å². The standard InChI is InChI=1S/C15H13F3O3S/c16-15(17,18)22(20,21)14(12-9-5-2-6-10-12)13(19)11-7-3-1-4-8-11/h1-10,13-14,19H. The number of rotatable bonds is 4. The second kappa shape index (κ2) is 6.10. The Morgan fingerprint density at radius 2 is 1.23 bits per heavy atom. The zero-order valence-electron chi connectivity index (χ0n) is 11.2. The van der Waals surface area contributed by atoms with Gasteiger partial charge in [-0.05, 0) is 11.1 Å². The van der Waals surface area contributed by atoms with Gasteiger partial charge in [0.05, 0.1) is 0 Å². The molecule has 0 spiro atoms. The number of alkyl halides is 3. The van der Waals surface area contributed by atoms with E-state index in [4.69, 9.17) is 0 Å². The fraction of sp³-hybridized carbons (Fsp3) is 0.200. The third-order valence-electron chi connectivity index (χ3n) is 3.21. The number of benzene rings is 2. The number of aliphatic hydroxyl groups excluding tert-OH is 1. The van der Waals surface area contributed by atoms with Crippen LogP contribution in [-0.2, 0) is 9.84 Å². The Morgan fingerprint density at radius 1 is 0.818 bits per heavy atom. The van der Waals surface area contributed by atoms with E-state index < -0.39 is 26.7 Å². The Kier molecular flexibility index (Phi) is 4.58. The van der Waals surface area contributed by atoms with Crippen molar-refractivity contribution in [2.75, 3.05) is 0 Å². The minimum Gasteiger partial charge on any atom is -0.387 e. The SMILES string of the molecule is O=S(=O)(C(c1ccccc1)C(O)c1ccccc1)C(F)(F)F. The number of aliphatic hydroxyl groups is 1. The Bertz CT molecular complexity index is 713. The number of halogens is 3. The molecule has 0 amide bonds. The molecule has 3 nitrogen and oxygen atoms in total. The molecule has 118 valence electrons. The Balaban J connectivity index is 2.58. The van der Waals surface area contributed by atoms with Crippen molar-refractivity contribution in [1.29, 1.82) is 0 Å². The van der Waals surface area contributed by atoms with Crippen molar-refractivity contribution in [3.63, 3.8) is 0 Å². The molecule has 1 N–H and O–H groups in total. The molecule has 2 aromatic carbocycles. The number of sulfone groups is 1. The van der Waals surface area contributed by atoms with Crippen LogP contribution in [0.4, 0.5) is 13.2 Å². The van der Waals surface area contributed by atoms with Crippen LogP contribution >= 0.6 is 0 Å². The van der Waals surface area contributed by atoms with E-state index in [2.05, 4.69) is 0 Å². The van der Waals surface area contributed by atoms with E-state index >= 15 is 0 Å². The van der Waals surface area contributed by atoms with Crippen LogP contribution < -0.4 is 0 Å². The fourth-order valence-electron chi connectivity index (χ4n) is 2.14. The fourth-order valence-corrected chi connectivity index (χ4v) is 3.44. The molecule has 2 atom stereocenters. The average Bonchev–Trinajstić information content (AvgIpc) is 2.48. The molecule has 0 fully saturated rings. The van der Waals surface area contributed by atoms with Crippen LogP contribution in [0.2, 0.25) is 0 Å². The van der Waals surface area contributed by atoms with Crippen molar-refractivity contribution < 1.29 is 26.7 Å². The molecule has 0 bridgehead atoms. The summed E-state index contributed by atoms with van der Waals surface area (Å²) in [5.74, 6) is 0. The van der Waals surface area contributed by atoms with Crippen molar-refractivity contribution in [3.05, 3.63) is 71.8 Å². The first kappa shape index (κ1) is 16.5. The van der Waals surface area contributed by atoms with Crippen molar-refractivity contribution in [2.45, 2.75) is 16.9 Å². The van der Waals surface area contributed by atoms with Crippen LogP contribution in [0.3, 0.4) is 0 Å². The largest absolute Gasteiger partial charge is 0.498 e. The van der Waals surface area contributed by atoms with Gasteiger partial charge >= 0.3 is 5.51 Å². The first-order valence-corrected chi connectivity index (χ1v) is 7.88. The van der Waals surface area contributed by atoms with Crippen molar-refractivity contribution in [1.82, 2.24) is 0 Å². The summed E-state index contributed by atoms with van der Waals surface area (Å²) in [6.07, 6.45) is -1.82. The van der Waals surface area contributed by atoms with Gasteiger partial charge in [-0.1, -0.05) is 60.7 Å². The topological polar surface area (TPSA) is 54.4 Å². The van der Waals surface area contributed by atoms with E-state index in [0.717, 1.165) is 0 Å². The molecule has 2 unspecified atom stereocenters. The number of hydrogen-bond donors (Lipinski definition) is 1. The highest BCUT2D eigenvalue weighted by Crippen LogP contribution is 2.42. The van der Waals surface area contributed by atoms with Crippen molar-refractivity contribution >= 4 is 9.84 Å². The molecule has 22 heavy (non-hydrogen) atoms. The lowest BCUT2D eigenvalue weighted by Gasteiger charge is -2.24. The summed E-state index contributed by atoms with van der Waals surface area (Å²) in [5.41, 5.74) is -5.47. The lowest BCUT2D eigenvalue weighted by atomic mass is 10.0. The molecule has 0 saturated heterocycles. The minimum absolute atomic E-state index is 0.101. The van der Waals surface area contributed by atoms with Crippen LogP contribution in [0.25, 0.3) is 0 Å². The molecular formula is C15H13F3O3S. The molecule has 0 aliphatic carbocycles. The Morgan fingerprint density at radius 3 is 1.64 bits per heavy atom. The summed E-state index contributed by atoms with van der Waals surface area (Å²) in [6.45, 7) is 0. The Hall–Kier alpha value is -1.86. The number of hydrogen-bond acceptors (Lipinski definition) is 3. The molecule has 0 aliphatic rings. The van der Waals surface area contributed by atoms with E-state index in [-0.39, 0.29) is 11.1 Å². The summed E-state index contributed by atoms with van der Waals surface area (Å²) >= 11 is 0. The second-order valence-electron chi connectivity index (χ2n) is 4.68. The molecular weight excluding hydrogens is 317 g/mol. The van der Waals surface area contributed by atoms with Crippen molar-refractivity contribution in [2.24, 2.45) is 0 Å². The Labute approximate surface area is 125 Å². The quantitative estimate of drug-likeness (QED) is 0.935. The van der Waals surface area contributed by atoms with Crippen LogP contribution in [0, 0.1) is 0 Å². The van der Waals surface area contributed by atoms with Gasteiger partial charge in [-0.25, -0.2) is 8.42 Å². The maximum absolute atomic E-state index is 12.9. The van der Waals surface area contributed by atoms with Crippen LogP contribution in [0.5, 0.6) is 0 Å². The zero-order chi connectivity index (χ0) is 16.4. The van der Waals surface area contributed by atoms with Gasteiger partial charge in [0.25, 0.3) is 9.84 Å². The first-order chi connectivity index (χ1) is 10.2. The predicted molar refractivity (Wildman–Crippen MR) is 75.6 cm³/mol. The molecule has 0 radical (unpaired) electrons. The van der Waals surface area contributed by atoms with Gasteiger partial charge in [-0.2, -0.15) is 13.2 Å². The third kappa shape index (κ3) is 3.15. The zero-order valence-corrected chi connectivity index (χ0v) is 12.1. The summed E-state index contributed by atoms with van der Waals surface area (Å²) in [7, 11) is -5.59. The summed E-state index contributed by atoms with van der Waals surface area (Å²) in [5, 5.41) is 8.14. The first-order valence-electron chi connectivity index (χ1n) is 6.33. The highest BCUT2D eigenvalue weighted by atomic mass is 32.2. The molecule has 0 aromatic heterocycles. The average molecular weight is 330 g/mol. The van der Waals surface area contributed by atoms with E-state index in [1.807, 2.05) is 0 Å². The van der Waals surface area contributed by atoms with Gasteiger partial charge in [0.2, 0.25) is 0 Å². The monoisotopic (exact) mass is 330 g/mol. The van der Waals surface area contributed by atoms with E-state index in [1.54, 1.807) is 12.1 Å². The summed E-state index contributed by atoms with van der Waals surface area (Å²) < 4.78 is 62.6. The smallest absolute Gasteiger partial charge is 0.387 e. The van der Waals surface area contributed by atoms with E-state index in [9.17, 15) is 26.7 Å². The highest BCUT2D eigenvalue weighted by molar-refractivity contribution is 7.92. The molecule has 0 saturated carbocycles. The van der Waals surface area contributed by atoms with Crippen LogP contribution in [-0.4, -0.2) is 19.0 Å². The van der Waals surface area contributed by atoms with Crippen LogP contribution in [0.15, 0.2) is 60.7 Å². The molecule has 2 aromatic rings. The van der Waals surface area contributed by atoms with Crippen molar-refractivity contribution in [3.8, 4) is 0 Å². The van der Waals surface area contributed by atoms with Crippen LogP contribution in [0.1, 0.15) is 22.5 Å². The van der Waals surface area contributed by atoms with E-state index in [1.165, 1.54) is 48.5 Å². The van der Waals surface area contributed by atoms with Gasteiger partial charge < -0.3 is 5.11 Å².